The summed E-state index contributed by atoms with van der Waals surface area (Å²) in [7, 11) is 1.57. The molecule has 3 rings (SSSR count). The van der Waals surface area contributed by atoms with E-state index < -0.39 is 5.82 Å². The lowest BCUT2D eigenvalue weighted by Crippen LogP contribution is -2.12. The summed E-state index contributed by atoms with van der Waals surface area (Å²) in [5, 5.41) is -0.00757. The number of nitrogens with zero attached hydrogens (tertiary/aromatic N) is 1. The van der Waals surface area contributed by atoms with Crippen LogP contribution >= 0.6 is 0 Å². The number of fused-ring (bicyclic) bond motifs is 1. The summed E-state index contributed by atoms with van der Waals surface area (Å²) in [5.41, 5.74) is 1.05. The zero-order chi connectivity index (χ0) is 18.7. The Morgan fingerprint density at radius 3 is 2.54 bits per heavy atom. The second-order valence-corrected chi connectivity index (χ2v) is 5.81. The summed E-state index contributed by atoms with van der Waals surface area (Å²) >= 11 is 0. The van der Waals surface area contributed by atoms with Gasteiger partial charge in [-0.25, -0.2) is 4.39 Å². The van der Waals surface area contributed by atoms with E-state index in [0.29, 0.717) is 34.7 Å². The van der Waals surface area contributed by atoms with Gasteiger partial charge in [0.05, 0.1) is 19.1 Å². The number of halogens is 1. The van der Waals surface area contributed by atoms with E-state index in [1.807, 2.05) is 6.92 Å². The number of benzene rings is 2. The maximum absolute atomic E-state index is 14.6. The average molecular weight is 353 g/mol. The topological polar surface area (TPSA) is 40.5 Å². The number of hydrogen-bond donors (Lipinski definition) is 0. The van der Waals surface area contributed by atoms with Crippen LogP contribution < -0.4 is 14.9 Å². The van der Waals surface area contributed by atoms with Crippen LogP contribution in [0.25, 0.3) is 28.2 Å². The molecule has 134 valence electrons. The van der Waals surface area contributed by atoms with Gasteiger partial charge in [0.1, 0.15) is 22.8 Å². The highest BCUT2D eigenvalue weighted by atomic mass is 19.1. The standard InChI is InChI=1S/C21H20FNO3/c1-4-12-26-18-11-10-17(22)19-20(18)23(5-2)13-16(21(19)24)14-6-8-15(25-3)9-7-14/h5-11,13H,2,4,12H2,1,3H3. The van der Waals surface area contributed by atoms with Crippen molar-refractivity contribution in [2.75, 3.05) is 13.7 Å². The molecule has 0 saturated carbocycles. The van der Waals surface area contributed by atoms with Crippen LogP contribution in [0.3, 0.4) is 0 Å². The van der Waals surface area contributed by atoms with Crippen molar-refractivity contribution in [2.24, 2.45) is 0 Å². The molecule has 1 aromatic heterocycles. The SMILES string of the molecule is C=Cn1cc(-c2ccc(OC)cc2)c(=O)c2c(F)ccc(OCCC)c21. The molecule has 26 heavy (non-hydrogen) atoms. The molecule has 5 heteroatoms. The molecule has 0 aliphatic heterocycles. The Kier molecular flexibility index (Phi) is 5.07. The van der Waals surface area contributed by atoms with Crippen LogP contribution in [0.1, 0.15) is 13.3 Å². The molecule has 0 spiro atoms. The van der Waals surface area contributed by atoms with E-state index in [9.17, 15) is 9.18 Å². The van der Waals surface area contributed by atoms with E-state index in [1.165, 1.54) is 12.3 Å². The third kappa shape index (κ3) is 3.08. The molecule has 3 aromatic rings. The lowest BCUT2D eigenvalue weighted by atomic mass is 10.0. The van der Waals surface area contributed by atoms with Crippen molar-refractivity contribution in [1.29, 1.82) is 0 Å². The summed E-state index contributed by atoms with van der Waals surface area (Å²) < 4.78 is 27.0. The summed E-state index contributed by atoms with van der Waals surface area (Å²) in [6.45, 7) is 6.25. The van der Waals surface area contributed by atoms with Crippen molar-refractivity contribution < 1.29 is 13.9 Å². The third-order valence-corrected chi connectivity index (χ3v) is 4.15. The number of rotatable bonds is 6. The number of pyridine rings is 1. The van der Waals surface area contributed by atoms with Gasteiger partial charge in [0, 0.05) is 18.0 Å². The van der Waals surface area contributed by atoms with Gasteiger partial charge in [0.2, 0.25) is 0 Å². The molecule has 0 unspecified atom stereocenters. The highest BCUT2D eigenvalue weighted by Crippen LogP contribution is 2.29. The maximum atomic E-state index is 14.6. The molecule has 0 radical (unpaired) electrons. The van der Waals surface area contributed by atoms with E-state index >= 15 is 0 Å². The number of hydrogen-bond acceptors (Lipinski definition) is 3. The summed E-state index contributed by atoms with van der Waals surface area (Å²) in [4.78, 5) is 13.0. The quantitative estimate of drug-likeness (QED) is 0.645. The van der Waals surface area contributed by atoms with Crippen LogP contribution in [-0.4, -0.2) is 18.3 Å². The molecule has 0 atom stereocenters. The van der Waals surface area contributed by atoms with Crippen molar-refractivity contribution in [3.63, 3.8) is 0 Å². The average Bonchev–Trinajstić information content (AvgIpc) is 2.67. The lowest BCUT2D eigenvalue weighted by Gasteiger charge is -2.15. The Morgan fingerprint density at radius 2 is 1.92 bits per heavy atom. The first kappa shape index (κ1) is 17.7. The van der Waals surface area contributed by atoms with Crippen molar-refractivity contribution in [3.05, 3.63) is 65.2 Å². The van der Waals surface area contributed by atoms with Crippen molar-refractivity contribution >= 4 is 17.1 Å². The third-order valence-electron chi connectivity index (χ3n) is 4.15. The van der Waals surface area contributed by atoms with Crippen LogP contribution in [0.5, 0.6) is 11.5 Å². The monoisotopic (exact) mass is 353 g/mol. The first-order chi connectivity index (χ1) is 12.6. The fraction of sp³-hybridized carbons (Fsp3) is 0.190. The van der Waals surface area contributed by atoms with Crippen LogP contribution in [0.2, 0.25) is 0 Å². The van der Waals surface area contributed by atoms with Gasteiger partial charge in [0.25, 0.3) is 0 Å². The smallest absolute Gasteiger partial charge is 0.200 e. The molecule has 0 saturated heterocycles. The van der Waals surface area contributed by atoms with Gasteiger partial charge in [-0.3, -0.25) is 4.79 Å². The van der Waals surface area contributed by atoms with Gasteiger partial charge < -0.3 is 14.0 Å². The van der Waals surface area contributed by atoms with E-state index in [1.54, 1.807) is 48.2 Å². The zero-order valence-electron chi connectivity index (χ0n) is 14.8. The van der Waals surface area contributed by atoms with Gasteiger partial charge in [-0.2, -0.15) is 0 Å². The van der Waals surface area contributed by atoms with Crippen molar-refractivity contribution in [1.82, 2.24) is 4.57 Å². The second-order valence-electron chi connectivity index (χ2n) is 5.81. The molecule has 0 bridgehead atoms. The Morgan fingerprint density at radius 1 is 1.19 bits per heavy atom. The molecule has 0 aliphatic carbocycles. The normalized spacial score (nSPS) is 10.7. The van der Waals surface area contributed by atoms with Crippen molar-refractivity contribution in [2.45, 2.75) is 13.3 Å². The summed E-state index contributed by atoms with van der Waals surface area (Å²) in [6.07, 6.45) is 3.99. The lowest BCUT2D eigenvalue weighted by molar-refractivity contribution is 0.320. The van der Waals surface area contributed by atoms with Crippen LogP contribution in [0.15, 0.2) is 54.0 Å². The van der Waals surface area contributed by atoms with E-state index in [-0.39, 0.29) is 10.8 Å². The minimum absolute atomic E-state index is 0.00757. The number of methoxy groups -OCH3 is 1. The molecule has 4 nitrogen and oxygen atoms in total. The Hall–Kier alpha value is -3.08. The van der Waals surface area contributed by atoms with E-state index in [2.05, 4.69) is 6.58 Å². The maximum Gasteiger partial charge on any atom is 0.200 e. The molecular weight excluding hydrogens is 333 g/mol. The molecule has 0 N–H and O–H groups in total. The van der Waals surface area contributed by atoms with Gasteiger partial charge in [0.15, 0.2) is 5.43 Å². The Labute approximate surface area is 151 Å². The van der Waals surface area contributed by atoms with Gasteiger partial charge in [-0.15, -0.1) is 0 Å². The fourth-order valence-corrected chi connectivity index (χ4v) is 2.87. The summed E-state index contributed by atoms with van der Waals surface area (Å²) in [6, 6.07) is 9.86. The first-order valence-electron chi connectivity index (χ1n) is 8.37. The minimum atomic E-state index is -0.584. The molecular formula is C21H20FNO3. The van der Waals surface area contributed by atoms with E-state index in [4.69, 9.17) is 9.47 Å². The Balaban J connectivity index is 2.30. The van der Waals surface area contributed by atoms with Gasteiger partial charge in [-0.1, -0.05) is 25.6 Å². The first-order valence-corrected chi connectivity index (χ1v) is 8.37. The molecule has 2 aromatic carbocycles. The van der Waals surface area contributed by atoms with Crippen LogP contribution in [-0.2, 0) is 0 Å². The number of aromatic nitrogens is 1. The second kappa shape index (κ2) is 7.44. The predicted octanol–water partition coefficient (Wildman–Crippen LogP) is 4.71. The number of ether oxygens (including phenoxy) is 2. The Bertz CT molecular complexity index is 1010. The highest BCUT2D eigenvalue weighted by Gasteiger charge is 2.17. The highest BCUT2D eigenvalue weighted by molar-refractivity contribution is 5.90. The fourth-order valence-electron chi connectivity index (χ4n) is 2.87. The van der Waals surface area contributed by atoms with Crippen molar-refractivity contribution in [3.8, 4) is 22.6 Å². The molecule has 0 amide bonds. The largest absolute Gasteiger partial charge is 0.497 e. The predicted molar refractivity (Wildman–Crippen MR) is 102 cm³/mol. The van der Waals surface area contributed by atoms with Gasteiger partial charge >= 0.3 is 0 Å². The van der Waals surface area contributed by atoms with Gasteiger partial charge in [-0.05, 0) is 36.2 Å². The van der Waals surface area contributed by atoms with E-state index in [0.717, 1.165) is 6.42 Å². The summed E-state index contributed by atoms with van der Waals surface area (Å²) in [5.74, 6) is 0.557. The molecule has 0 fully saturated rings. The minimum Gasteiger partial charge on any atom is -0.497 e. The molecule has 0 aliphatic rings. The van der Waals surface area contributed by atoms with Crippen LogP contribution in [0.4, 0.5) is 4.39 Å². The molecule has 1 heterocycles. The zero-order valence-corrected chi connectivity index (χ0v) is 14.8. The van der Waals surface area contributed by atoms with Crippen LogP contribution in [0, 0.1) is 5.82 Å².